The zero-order valence-electron chi connectivity index (χ0n) is 11.3. The van der Waals surface area contributed by atoms with Crippen LogP contribution in [-0.4, -0.2) is 33.8 Å². The first-order valence-electron chi connectivity index (χ1n) is 6.44. The highest BCUT2D eigenvalue weighted by Gasteiger charge is 2.11. The van der Waals surface area contributed by atoms with Gasteiger partial charge in [0, 0.05) is 12.6 Å². The van der Waals surface area contributed by atoms with Crippen molar-refractivity contribution in [2.45, 2.75) is 6.92 Å². The lowest BCUT2D eigenvalue weighted by molar-refractivity contribution is 0.340. The number of nitrogens with one attached hydrogen (secondary N) is 2. The van der Waals surface area contributed by atoms with Gasteiger partial charge in [0.15, 0.2) is 5.65 Å². The molecule has 1 aromatic carbocycles. The number of hydrogen-bond acceptors (Lipinski definition) is 5. The molecule has 6 nitrogen and oxygen atoms in total. The van der Waals surface area contributed by atoms with Crippen molar-refractivity contribution >= 4 is 17.0 Å². The lowest BCUT2D eigenvalue weighted by atomic mass is 10.1. The molecule has 0 aliphatic carbocycles. The van der Waals surface area contributed by atoms with Crippen molar-refractivity contribution in [2.75, 3.05) is 19.0 Å². The summed E-state index contributed by atoms with van der Waals surface area (Å²) in [7, 11) is 1.79. The van der Waals surface area contributed by atoms with Crippen LogP contribution >= 0.6 is 0 Å². The van der Waals surface area contributed by atoms with Crippen molar-refractivity contribution in [3.8, 4) is 17.0 Å². The summed E-state index contributed by atoms with van der Waals surface area (Å²) in [6.07, 6.45) is 1.73. The van der Waals surface area contributed by atoms with Crippen molar-refractivity contribution in [2.24, 2.45) is 0 Å². The zero-order valence-corrected chi connectivity index (χ0v) is 11.3. The third-order valence-corrected chi connectivity index (χ3v) is 2.95. The van der Waals surface area contributed by atoms with Gasteiger partial charge in [-0.2, -0.15) is 10.1 Å². The van der Waals surface area contributed by atoms with Gasteiger partial charge in [-0.15, -0.1) is 0 Å². The molecule has 0 amide bonds. The minimum atomic E-state index is 0.554. The Bertz CT molecular complexity index is 737. The van der Waals surface area contributed by atoms with E-state index in [1.165, 1.54) is 0 Å². The second-order valence-corrected chi connectivity index (χ2v) is 4.24. The van der Waals surface area contributed by atoms with Gasteiger partial charge < -0.3 is 10.1 Å². The van der Waals surface area contributed by atoms with E-state index in [-0.39, 0.29) is 0 Å². The fraction of sp³-hybridized carbons (Fsp3) is 0.214. The number of H-pyrrole nitrogens is 1. The molecule has 3 rings (SSSR count). The maximum absolute atomic E-state index is 5.54. The van der Waals surface area contributed by atoms with E-state index in [9.17, 15) is 0 Å². The monoisotopic (exact) mass is 269 g/mol. The van der Waals surface area contributed by atoms with Gasteiger partial charge in [-0.1, -0.05) is 12.1 Å². The number of nitrogens with zero attached hydrogens (tertiary/aromatic N) is 3. The van der Waals surface area contributed by atoms with E-state index in [2.05, 4.69) is 25.5 Å². The van der Waals surface area contributed by atoms with Gasteiger partial charge in [-0.05, 0) is 19.1 Å². The van der Waals surface area contributed by atoms with Crippen LogP contribution in [0.15, 0.2) is 30.5 Å². The average molecular weight is 269 g/mol. The number of rotatable bonds is 4. The Balaban J connectivity index is 2.17. The molecule has 0 aliphatic rings. The van der Waals surface area contributed by atoms with E-state index >= 15 is 0 Å². The summed E-state index contributed by atoms with van der Waals surface area (Å²) in [6, 6.07) is 7.85. The van der Waals surface area contributed by atoms with Crippen molar-refractivity contribution in [3.05, 3.63) is 30.5 Å². The molecule has 2 aromatic heterocycles. The summed E-state index contributed by atoms with van der Waals surface area (Å²) < 4.78 is 5.54. The normalized spacial score (nSPS) is 10.7. The molecule has 0 bridgehead atoms. The number of aromatic nitrogens is 4. The third-order valence-electron chi connectivity index (χ3n) is 2.95. The zero-order chi connectivity index (χ0) is 13.9. The smallest absolute Gasteiger partial charge is 0.225 e. The molecule has 102 valence electrons. The maximum atomic E-state index is 5.54. The van der Waals surface area contributed by atoms with Crippen molar-refractivity contribution in [3.63, 3.8) is 0 Å². The van der Waals surface area contributed by atoms with E-state index in [4.69, 9.17) is 4.74 Å². The number of benzene rings is 1. The van der Waals surface area contributed by atoms with Crippen LogP contribution in [0.3, 0.4) is 0 Å². The average Bonchev–Trinajstić information content (AvgIpc) is 2.95. The summed E-state index contributed by atoms with van der Waals surface area (Å²) in [4.78, 5) is 8.85. The molecule has 0 unspecified atom stereocenters. The van der Waals surface area contributed by atoms with Crippen LogP contribution in [0.25, 0.3) is 22.3 Å². The molecule has 20 heavy (non-hydrogen) atoms. The summed E-state index contributed by atoms with van der Waals surface area (Å²) >= 11 is 0. The molecule has 0 radical (unpaired) electrons. The van der Waals surface area contributed by atoms with Crippen molar-refractivity contribution in [1.29, 1.82) is 0 Å². The number of hydrogen-bond donors (Lipinski definition) is 2. The van der Waals surface area contributed by atoms with E-state index in [1.54, 1.807) is 13.2 Å². The lowest BCUT2D eigenvalue weighted by Gasteiger charge is -2.08. The molecule has 0 saturated heterocycles. The van der Waals surface area contributed by atoms with E-state index in [0.717, 1.165) is 22.4 Å². The predicted octanol–water partition coefficient (Wildman–Crippen LogP) is 2.46. The molecular weight excluding hydrogens is 254 g/mol. The molecule has 3 aromatic rings. The first-order chi connectivity index (χ1) is 9.81. The summed E-state index contributed by atoms with van der Waals surface area (Å²) in [5.41, 5.74) is 2.51. The summed E-state index contributed by atoms with van der Waals surface area (Å²) in [5, 5.41) is 10.8. The van der Waals surface area contributed by atoms with E-state index in [1.807, 2.05) is 31.2 Å². The molecule has 2 heterocycles. The first-order valence-corrected chi connectivity index (χ1v) is 6.44. The molecule has 0 atom stereocenters. The van der Waals surface area contributed by atoms with Gasteiger partial charge in [0.2, 0.25) is 5.95 Å². The Kier molecular flexibility index (Phi) is 3.20. The van der Waals surface area contributed by atoms with Crippen molar-refractivity contribution in [1.82, 2.24) is 20.2 Å². The number of fused-ring (bicyclic) bond motifs is 1. The molecule has 2 N–H and O–H groups in total. The Morgan fingerprint density at radius 3 is 3.00 bits per heavy atom. The van der Waals surface area contributed by atoms with Gasteiger partial charge in [0.1, 0.15) is 5.75 Å². The Morgan fingerprint density at radius 1 is 1.30 bits per heavy atom. The second kappa shape index (κ2) is 5.16. The SMILES string of the molecule is CCOc1cccc(-c2nc(NC)nc3[nH]ncc23)c1. The van der Waals surface area contributed by atoms with Gasteiger partial charge in [-0.25, -0.2) is 4.98 Å². The fourth-order valence-corrected chi connectivity index (χ4v) is 2.07. The molecule has 6 heteroatoms. The van der Waals surface area contributed by atoms with Crippen LogP contribution in [0.1, 0.15) is 6.92 Å². The molecule has 0 aliphatic heterocycles. The van der Waals surface area contributed by atoms with E-state index in [0.29, 0.717) is 18.2 Å². The van der Waals surface area contributed by atoms with Gasteiger partial charge in [0.05, 0.1) is 23.9 Å². The molecular formula is C14H15N5O. The summed E-state index contributed by atoms with van der Waals surface area (Å²) in [6.45, 7) is 2.60. The highest BCUT2D eigenvalue weighted by molar-refractivity contribution is 5.90. The standard InChI is InChI=1S/C14H15N5O/c1-3-20-10-6-4-5-9(7-10)12-11-8-16-19-13(11)18-14(15-2)17-12/h4-8H,3H2,1-2H3,(H2,15,16,17,18,19). The minimum absolute atomic E-state index is 0.554. The highest BCUT2D eigenvalue weighted by atomic mass is 16.5. The topological polar surface area (TPSA) is 75.7 Å². The predicted molar refractivity (Wildman–Crippen MR) is 77.8 cm³/mol. The highest BCUT2D eigenvalue weighted by Crippen LogP contribution is 2.28. The number of aromatic amines is 1. The van der Waals surface area contributed by atoms with Crippen LogP contribution in [0.5, 0.6) is 5.75 Å². The van der Waals surface area contributed by atoms with Crippen LogP contribution in [0.2, 0.25) is 0 Å². The van der Waals surface area contributed by atoms with Gasteiger partial charge in [0.25, 0.3) is 0 Å². The van der Waals surface area contributed by atoms with E-state index < -0.39 is 0 Å². The molecule has 0 fully saturated rings. The molecule has 0 saturated carbocycles. The first kappa shape index (κ1) is 12.4. The van der Waals surface area contributed by atoms with Crippen LogP contribution in [0, 0.1) is 0 Å². The fourth-order valence-electron chi connectivity index (χ4n) is 2.07. The Labute approximate surface area is 116 Å². The Hall–Kier alpha value is -2.63. The van der Waals surface area contributed by atoms with Gasteiger partial charge in [-0.3, -0.25) is 5.10 Å². The maximum Gasteiger partial charge on any atom is 0.225 e. The second-order valence-electron chi connectivity index (χ2n) is 4.24. The largest absolute Gasteiger partial charge is 0.494 e. The van der Waals surface area contributed by atoms with Crippen LogP contribution in [0.4, 0.5) is 5.95 Å². The summed E-state index contributed by atoms with van der Waals surface area (Å²) in [5.74, 6) is 1.38. The van der Waals surface area contributed by atoms with Crippen LogP contribution < -0.4 is 10.1 Å². The number of anilines is 1. The van der Waals surface area contributed by atoms with Crippen LogP contribution in [-0.2, 0) is 0 Å². The quantitative estimate of drug-likeness (QED) is 0.761. The number of ether oxygens (including phenoxy) is 1. The third kappa shape index (κ3) is 2.16. The molecule has 0 spiro atoms. The Morgan fingerprint density at radius 2 is 2.20 bits per heavy atom. The van der Waals surface area contributed by atoms with Crippen molar-refractivity contribution < 1.29 is 4.74 Å². The lowest BCUT2D eigenvalue weighted by Crippen LogP contribution is -1.99. The minimum Gasteiger partial charge on any atom is -0.494 e. The van der Waals surface area contributed by atoms with Gasteiger partial charge >= 0.3 is 0 Å².